The lowest BCUT2D eigenvalue weighted by atomic mass is 9.96. The quantitative estimate of drug-likeness (QED) is 0.329. The zero-order valence-corrected chi connectivity index (χ0v) is 13.0. The number of primary amides is 1. The summed E-state index contributed by atoms with van der Waals surface area (Å²) in [4.78, 5) is 24.7. The molecular formula is C16H29N3O2. The zero-order valence-electron chi connectivity index (χ0n) is 13.0. The molecule has 0 aliphatic carbocycles. The largest absolute Gasteiger partial charge is 0.352 e. The second-order valence-electron chi connectivity index (χ2n) is 5.74. The van der Waals surface area contributed by atoms with Crippen molar-refractivity contribution >= 4 is 11.9 Å². The summed E-state index contributed by atoms with van der Waals surface area (Å²) in [5, 5.41) is 2.57. The molecule has 1 rings (SSSR count). The molecule has 0 aromatic heterocycles. The zero-order chi connectivity index (χ0) is 15.5. The van der Waals surface area contributed by atoms with Gasteiger partial charge >= 0.3 is 6.03 Å². The lowest BCUT2D eigenvalue weighted by molar-refractivity contribution is -0.130. The van der Waals surface area contributed by atoms with Crippen molar-refractivity contribution in [2.75, 3.05) is 19.6 Å². The Morgan fingerprint density at radius 2 is 1.81 bits per heavy atom. The van der Waals surface area contributed by atoms with E-state index in [1.807, 2.05) is 11.0 Å². The Bertz CT molecular complexity index is 340. The Morgan fingerprint density at radius 3 is 2.43 bits per heavy atom. The van der Waals surface area contributed by atoms with Gasteiger partial charge in [0.1, 0.15) is 0 Å². The van der Waals surface area contributed by atoms with E-state index in [-0.39, 0.29) is 11.8 Å². The van der Waals surface area contributed by atoms with E-state index in [9.17, 15) is 9.59 Å². The van der Waals surface area contributed by atoms with E-state index in [0.717, 1.165) is 32.4 Å². The van der Waals surface area contributed by atoms with Gasteiger partial charge in [-0.3, -0.25) is 4.79 Å². The molecule has 120 valence electrons. The third kappa shape index (κ3) is 8.38. The van der Waals surface area contributed by atoms with E-state index in [2.05, 4.69) is 11.9 Å². The second kappa shape index (κ2) is 10.2. The summed E-state index contributed by atoms with van der Waals surface area (Å²) in [5.41, 5.74) is 5.05. The number of nitrogens with zero attached hydrogens (tertiary/aromatic N) is 1. The van der Waals surface area contributed by atoms with Gasteiger partial charge < -0.3 is 16.0 Å². The number of carbonyl (C=O) groups is 2. The Labute approximate surface area is 127 Å². The molecule has 5 heteroatoms. The van der Waals surface area contributed by atoms with Gasteiger partial charge in [-0.25, -0.2) is 4.79 Å². The summed E-state index contributed by atoms with van der Waals surface area (Å²) >= 11 is 0. The summed E-state index contributed by atoms with van der Waals surface area (Å²) in [6.45, 7) is 5.98. The summed E-state index contributed by atoms with van der Waals surface area (Å²) in [6.07, 6.45) is 10.6. The lowest BCUT2D eigenvalue weighted by Gasteiger charge is -2.16. The minimum Gasteiger partial charge on any atom is -0.352 e. The predicted molar refractivity (Wildman–Crippen MR) is 84.8 cm³/mol. The first-order valence-corrected chi connectivity index (χ1v) is 8.08. The summed E-state index contributed by atoms with van der Waals surface area (Å²) in [6, 6.07) is -0.518. The van der Waals surface area contributed by atoms with Crippen molar-refractivity contribution < 1.29 is 9.59 Å². The van der Waals surface area contributed by atoms with Gasteiger partial charge in [-0.15, -0.1) is 6.58 Å². The maximum atomic E-state index is 12.2. The maximum Gasteiger partial charge on any atom is 0.312 e. The third-order valence-electron chi connectivity index (χ3n) is 3.86. The standard InChI is InChI=1S/C16H29N3O2/c1-2-3-4-5-6-7-8-9-14(10-11-18-16(17)21)15(20)19-12-13-19/h2,14H,1,3-13H2,(H3,17,18,21). The molecule has 21 heavy (non-hydrogen) atoms. The van der Waals surface area contributed by atoms with Gasteiger partial charge in [-0.05, 0) is 25.7 Å². The highest BCUT2D eigenvalue weighted by Gasteiger charge is 2.30. The molecule has 0 spiro atoms. The van der Waals surface area contributed by atoms with Crippen molar-refractivity contribution in [2.45, 2.75) is 51.4 Å². The number of urea groups is 1. The van der Waals surface area contributed by atoms with E-state index >= 15 is 0 Å². The van der Waals surface area contributed by atoms with Crippen LogP contribution in [0.3, 0.4) is 0 Å². The van der Waals surface area contributed by atoms with Gasteiger partial charge in [-0.1, -0.05) is 31.8 Å². The molecule has 5 nitrogen and oxygen atoms in total. The summed E-state index contributed by atoms with van der Waals surface area (Å²) < 4.78 is 0. The molecule has 1 unspecified atom stereocenters. The highest BCUT2D eigenvalue weighted by atomic mass is 16.2. The van der Waals surface area contributed by atoms with E-state index in [1.54, 1.807) is 0 Å². The second-order valence-corrected chi connectivity index (χ2v) is 5.74. The van der Waals surface area contributed by atoms with Crippen LogP contribution in [0.15, 0.2) is 12.7 Å². The minimum atomic E-state index is -0.518. The van der Waals surface area contributed by atoms with Crippen LogP contribution in [0.4, 0.5) is 4.79 Å². The molecule has 0 radical (unpaired) electrons. The summed E-state index contributed by atoms with van der Waals surface area (Å²) in [7, 11) is 0. The average Bonchev–Trinajstić information content (AvgIpc) is 3.28. The summed E-state index contributed by atoms with van der Waals surface area (Å²) in [5.74, 6) is 0.278. The van der Waals surface area contributed by atoms with Crippen molar-refractivity contribution in [1.29, 1.82) is 0 Å². The average molecular weight is 295 g/mol. The molecule has 1 atom stereocenters. The SMILES string of the molecule is C=CCCCCCCCC(CCNC(N)=O)C(=O)N1CC1. The van der Waals surface area contributed by atoms with Crippen LogP contribution in [0.5, 0.6) is 0 Å². The molecule has 1 aliphatic heterocycles. The Hall–Kier alpha value is -1.52. The fraction of sp³-hybridized carbons (Fsp3) is 0.750. The Morgan fingerprint density at radius 1 is 1.14 bits per heavy atom. The number of carbonyl (C=O) groups excluding carboxylic acids is 2. The molecular weight excluding hydrogens is 266 g/mol. The van der Waals surface area contributed by atoms with Crippen LogP contribution in [0.25, 0.3) is 0 Å². The van der Waals surface area contributed by atoms with E-state index in [0.29, 0.717) is 13.0 Å². The number of nitrogens with two attached hydrogens (primary N) is 1. The molecule has 0 aromatic carbocycles. The topological polar surface area (TPSA) is 75.2 Å². The monoisotopic (exact) mass is 295 g/mol. The van der Waals surface area contributed by atoms with Crippen LogP contribution < -0.4 is 11.1 Å². The molecule has 1 fully saturated rings. The van der Waals surface area contributed by atoms with Crippen molar-refractivity contribution in [3.8, 4) is 0 Å². The number of nitrogens with one attached hydrogen (secondary N) is 1. The van der Waals surface area contributed by atoms with Crippen molar-refractivity contribution in [1.82, 2.24) is 10.2 Å². The minimum absolute atomic E-state index is 0.0347. The van der Waals surface area contributed by atoms with Crippen LogP contribution in [0, 0.1) is 5.92 Å². The normalized spacial score (nSPS) is 14.6. The molecule has 1 saturated heterocycles. The molecule has 0 saturated carbocycles. The number of amides is 3. The molecule has 1 aliphatic rings. The number of hydrogen-bond acceptors (Lipinski definition) is 2. The molecule has 0 bridgehead atoms. The maximum absolute atomic E-state index is 12.2. The number of allylic oxidation sites excluding steroid dienone is 1. The van der Waals surface area contributed by atoms with Gasteiger partial charge in [0.2, 0.25) is 5.91 Å². The highest BCUT2D eigenvalue weighted by Crippen LogP contribution is 2.20. The van der Waals surface area contributed by atoms with Crippen LogP contribution in [-0.2, 0) is 4.79 Å². The van der Waals surface area contributed by atoms with Crippen LogP contribution in [0.2, 0.25) is 0 Å². The van der Waals surface area contributed by atoms with Gasteiger partial charge in [0.15, 0.2) is 0 Å². The van der Waals surface area contributed by atoms with Gasteiger partial charge in [-0.2, -0.15) is 0 Å². The lowest BCUT2D eigenvalue weighted by Crippen LogP contribution is -2.33. The van der Waals surface area contributed by atoms with Crippen molar-refractivity contribution in [2.24, 2.45) is 11.7 Å². The fourth-order valence-corrected chi connectivity index (χ4v) is 2.50. The smallest absolute Gasteiger partial charge is 0.312 e. The molecule has 3 amide bonds. The number of unbranched alkanes of at least 4 members (excludes halogenated alkanes) is 5. The molecule has 3 N–H and O–H groups in total. The van der Waals surface area contributed by atoms with E-state index < -0.39 is 6.03 Å². The first kappa shape index (κ1) is 17.5. The first-order chi connectivity index (χ1) is 10.1. The Balaban J connectivity index is 2.17. The Kier molecular flexibility index (Phi) is 8.55. The van der Waals surface area contributed by atoms with Gasteiger partial charge in [0.25, 0.3) is 0 Å². The van der Waals surface area contributed by atoms with Gasteiger partial charge in [0, 0.05) is 25.6 Å². The molecule has 1 heterocycles. The third-order valence-corrected chi connectivity index (χ3v) is 3.86. The number of rotatable bonds is 12. The molecule has 0 aromatic rings. The van der Waals surface area contributed by atoms with E-state index in [1.165, 1.54) is 25.7 Å². The van der Waals surface area contributed by atoms with Crippen LogP contribution in [-0.4, -0.2) is 36.5 Å². The van der Waals surface area contributed by atoms with Crippen LogP contribution >= 0.6 is 0 Å². The highest BCUT2D eigenvalue weighted by molar-refractivity contribution is 5.80. The van der Waals surface area contributed by atoms with Crippen LogP contribution in [0.1, 0.15) is 51.4 Å². The fourth-order valence-electron chi connectivity index (χ4n) is 2.50. The van der Waals surface area contributed by atoms with Crippen molar-refractivity contribution in [3.05, 3.63) is 12.7 Å². The first-order valence-electron chi connectivity index (χ1n) is 8.08. The predicted octanol–water partition coefficient (Wildman–Crippen LogP) is 2.42. The number of hydrogen-bond donors (Lipinski definition) is 2. The van der Waals surface area contributed by atoms with E-state index in [4.69, 9.17) is 5.73 Å². The van der Waals surface area contributed by atoms with Gasteiger partial charge in [0.05, 0.1) is 0 Å². The van der Waals surface area contributed by atoms with Crippen molar-refractivity contribution in [3.63, 3.8) is 0 Å².